The maximum absolute atomic E-state index is 12.8. The van der Waals surface area contributed by atoms with Crippen molar-refractivity contribution >= 4 is 6.29 Å². The van der Waals surface area contributed by atoms with Gasteiger partial charge in [-0.1, -0.05) is 12.1 Å². The number of aldehydes is 1. The average Bonchev–Trinajstić information content (AvgIpc) is 2.42. The van der Waals surface area contributed by atoms with E-state index in [9.17, 15) is 9.18 Å². The smallest absolute Gasteiger partial charge is 0.127 e. The fourth-order valence-corrected chi connectivity index (χ4v) is 2.59. The van der Waals surface area contributed by atoms with E-state index >= 15 is 0 Å². The van der Waals surface area contributed by atoms with E-state index < -0.39 is 0 Å². The molecule has 104 valence electrons. The van der Waals surface area contributed by atoms with E-state index in [0.29, 0.717) is 13.2 Å². The van der Waals surface area contributed by atoms with Gasteiger partial charge in [0.15, 0.2) is 0 Å². The van der Waals surface area contributed by atoms with Crippen molar-refractivity contribution in [3.05, 3.63) is 35.6 Å². The van der Waals surface area contributed by atoms with Crippen LogP contribution in [0.25, 0.3) is 0 Å². The first kappa shape index (κ1) is 14.2. The van der Waals surface area contributed by atoms with Gasteiger partial charge in [-0.05, 0) is 37.6 Å². The quantitative estimate of drug-likeness (QED) is 0.765. The summed E-state index contributed by atoms with van der Waals surface area (Å²) >= 11 is 0. The first-order valence-corrected chi connectivity index (χ1v) is 6.61. The summed E-state index contributed by atoms with van der Waals surface area (Å²) in [6.45, 7) is 2.75. The third-order valence-electron chi connectivity index (χ3n) is 3.69. The lowest BCUT2D eigenvalue weighted by molar-refractivity contribution is -0.122. The fraction of sp³-hybridized carbons (Fsp3) is 0.533. The molecule has 0 amide bonds. The Morgan fingerprint density at radius 2 is 1.95 bits per heavy atom. The maximum atomic E-state index is 12.8. The summed E-state index contributed by atoms with van der Waals surface area (Å²) in [5.41, 5.74) is 0.768. The van der Waals surface area contributed by atoms with Crippen molar-refractivity contribution in [3.63, 3.8) is 0 Å². The first-order valence-electron chi connectivity index (χ1n) is 6.61. The molecule has 0 saturated carbocycles. The standard InChI is InChI=1S/C15H20FNO2/c1-17(10-13-2-4-14(16)5-3-13)11-15(12-18)6-8-19-9-7-15/h2-5,12H,6-11H2,1H3. The molecule has 4 heteroatoms. The lowest BCUT2D eigenvalue weighted by Gasteiger charge is -2.35. The number of rotatable bonds is 5. The van der Waals surface area contributed by atoms with Gasteiger partial charge in [0.25, 0.3) is 0 Å². The van der Waals surface area contributed by atoms with Gasteiger partial charge in [-0.15, -0.1) is 0 Å². The van der Waals surface area contributed by atoms with Crippen molar-refractivity contribution in [2.45, 2.75) is 19.4 Å². The number of ether oxygens (including phenoxy) is 1. The van der Waals surface area contributed by atoms with Crippen LogP contribution in [-0.4, -0.2) is 38.0 Å². The van der Waals surface area contributed by atoms with Crippen molar-refractivity contribution in [2.24, 2.45) is 5.41 Å². The van der Waals surface area contributed by atoms with Crippen molar-refractivity contribution in [2.75, 3.05) is 26.8 Å². The SMILES string of the molecule is CN(Cc1ccc(F)cc1)CC1(C=O)CCOCC1. The normalized spacial score (nSPS) is 18.5. The molecule has 0 aliphatic carbocycles. The molecular weight excluding hydrogens is 245 g/mol. The molecule has 1 heterocycles. The van der Waals surface area contributed by atoms with Crippen LogP contribution in [0.2, 0.25) is 0 Å². The molecule has 3 nitrogen and oxygen atoms in total. The Kier molecular flexibility index (Phi) is 4.66. The van der Waals surface area contributed by atoms with Crippen molar-refractivity contribution in [1.29, 1.82) is 0 Å². The Morgan fingerprint density at radius 3 is 2.53 bits per heavy atom. The zero-order chi connectivity index (χ0) is 13.7. The molecule has 0 aromatic heterocycles. The van der Waals surface area contributed by atoms with Crippen LogP contribution in [-0.2, 0) is 16.1 Å². The van der Waals surface area contributed by atoms with Gasteiger partial charge >= 0.3 is 0 Å². The molecule has 0 unspecified atom stereocenters. The zero-order valence-corrected chi connectivity index (χ0v) is 11.3. The molecule has 0 radical (unpaired) electrons. The maximum Gasteiger partial charge on any atom is 0.127 e. The average molecular weight is 265 g/mol. The highest BCUT2D eigenvalue weighted by Gasteiger charge is 2.33. The van der Waals surface area contributed by atoms with Gasteiger partial charge in [0.1, 0.15) is 12.1 Å². The summed E-state index contributed by atoms with van der Waals surface area (Å²) in [6.07, 6.45) is 2.64. The highest BCUT2D eigenvalue weighted by Crippen LogP contribution is 2.29. The van der Waals surface area contributed by atoms with E-state index in [1.54, 1.807) is 12.1 Å². The molecule has 1 fully saturated rings. The predicted octanol–water partition coefficient (Wildman–Crippen LogP) is 2.25. The van der Waals surface area contributed by atoms with Crippen LogP contribution in [0.4, 0.5) is 4.39 Å². The number of carbonyl (C=O) groups is 1. The van der Waals surface area contributed by atoms with E-state index in [4.69, 9.17) is 4.74 Å². The summed E-state index contributed by atoms with van der Waals surface area (Å²) in [4.78, 5) is 13.5. The fourth-order valence-electron chi connectivity index (χ4n) is 2.59. The van der Waals surface area contributed by atoms with Crippen LogP contribution in [0.15, 0.2) is 24.3 Å². The van der Waals surface area contributed by atoms with E-state index in [0.717, 1.165) is 37.8 Å². The Labute approximate surface area is 113 Å². The van der Waals surface area contributed by atoms with Gasteiger partial charge in [0.05, 0.1) is 0 Å². The van der Waals surface area contributed by atoms with Gasteiger partial charge < -0.3 is 14.4 Å². The molecule has 0 atom stereocenters. The third-order valence-corrected chi connectivity index (χ3v) is 3.69. The van der Waals surface area contributed by atoms with E-state index in [1.807, 2.05) is 7.05 Å². The molecule has 1 aliphatic heterocycles. The minimum absolute atomic E-state index is 0.222. The molecule has 1 aliphatic rings. The number of nitrogens with zero attached hydrogens (tertiary/aromatic N) is 1. The zero-order valence-electron chi connectivity index (χ0n) is 11.3. The number of carbonyl (C=O) groups excluding carboxylic acids is 1. The van der Waals surface area contributed by atoms with Crippen LogP contribution in [0.1, 0.15) is 18.4 Å². The molecule has 19 heavy (non-hydrogen) atoms. The first-order chi connectivity index (χ1) is 9.13. The van der Waals surface area contributed by atoms with Crippen LogP contribution >= 0.6 is 0 Å². The molecule has 2 rings (SSSR count). The van der Waals surface area contributed by atoms with Crippen LogP contribution < -0.4 is 0 Å². The summed E-state index contributed by atoms with van der Waals surface area (Å²) < 4.78 is 18.2. The lowest BCUT2D eigenvalue weighted by Crippen LogP contribution is -2.41. The summed E-state index contributed by atoms with van der Waals surface area (Å²) in [6, 6.07) is 6.49. The molecule has 1 aromatic carbocycles. The van der Waals surface area contributed by atoms with Crippen LogP contribution in [0, 0.1) is 11.2 Å². The summed E-state index contributed by atoms with van der Waals surface area (Å²) in [7, 11) is 1.99. The molecule has 1 saturated heterocycles. The number of halogens is 1. The van der Waals surface area contributed by atoms with E-state index in [-0.39, 0.29) is 11.2 Å². The lowest BCUT2D eigenvalue weighted by atomic mass is 9.81. The van der Waals surface area contributed by atoms with Gasteiger partial charge in [0, 0.05) is 31.7 Å². The minimum atomic E-state index is -0.285. The molecule has 0 spiro atoms. The molecule has 0 bridgehead atoms. The van der Waals surface area contributed by atoms with Crippen LogP contribution in [0.5, 0.6) is 0 Å². The predicted molar refractivity (Wildman–Crippen MR) is 71.3 cm³/mol. The summed E-state index contributed by atoms with van der Waals surface area (Å²) in [5, 5.41) is 0. The van der Waals surface area contributed by atoms with Gasteiger partial charge in [0.2, 0.25) is 0 Å². The second kappa shape index (κ2) is 6.26. The van der Waals surface area contributed by atoms with Gasteiger partial charge in [-0.25, -0.2) is 4.39 Å². The van der Waals surface area contributed by atoms with Crippen molar-refractivity contribution in [1.82, 2.24) is 4.90 Å². The number of hydrogen-bond acceptors (Lipinski definition) is 3. The largest absolute Gasteiger partial charge is 0.381 e. The molecule has 0 N–H and O–H groups in total. The highest BCUT2D eigenvalue weighted by molar-refractivity contribution is 5.60. The number of benzene rings is 1. The highest BCUT2D eigenvalue weighted by atomic mass is 19.1. The monoisotopic (exact) mass is 265 g/mol. The van der Waals surface area contributed by atoms with E-state index in [2.05, 4.69) is 4.90 Å². The van der Waals surface area contributed by atoms with Crippen molar-refractivity contribution < 1.29 is 13.9 Å². The van der Waals surface area contributed by atoms with Crippen LogP contribution in [0.3, 0.4) is 0 Å². The van der Waals surface area contributed by atoms with Gasteiger partial charge in [-0.3, -0.25) is 0 Å². The Hall–Kier alpha value is -1.26. The van der Waals surface area contributed by atoms with Gasteiger partial charge in [-0.2, -0.15) is 0 Å². The second-order valence-electron chi connectivity index (χ2n) is 5.39. The third kappa shape index (κ3) is 3.85. The Bertz CT molecular complexity index is 413. The number of hydrogen-bond donors (Lipinski definition) is 0. The molecule has 1 aromatic rings. The van der Waals surface area contributed by atoms with E-state index in [1.165, 1.54) is 12.1 Å². The molecular formula is C15H20FNO2. The van der Waals surface area contributed by atoms with Crippen molar-refractivity contribution in [3.8, 4) is 0 Å². The Morgan fingerprint density at radius 1 is 1.32 bits per heavy atom. The second-order valence-corrected chi connectivity index (χ2v) is 5.39. The topological polar surface area (TPSA) is 29.5 Å². The minimum Gasteiger partial charge on any atom is -0.381 e. The summed E-state index contributed by atoms with van der Waals surface area (Å²) in [5.74, 6) is -0.222. The Balaban J connectivity index is 1.94.